The lowest BCUT2D eigenvalue weighted by Gasteiger charge is -2.25. The minimum Gasteiger partial charge on any atom is -0.481 e. The molecule has 3 nitrogen and oxygen atoms in total. The summed E-state index contributed by atoms with van der Waals surface area (Å²) < 4.78 is 0. The van der Waals surface area contributed by atoms with Gasteiger partial charge in [0.1, 0.15) is 0 Å². The van der Waals surface area contributed by atoms with Gasteiger partial charge in [-0.2, -0.15) is 0 Å². The van der Waals surface area contributed by atoms with Crippen molar-refractivity contribution in [2.75, 3.05) is 0 Å². The van der Waals surface area contributed by atoms with Crippen LogP contribution in [0.3, 0.4) is 0 Å². The lowest BCUT2D eigenvalue weighted by atomic mass is 9.86. The van der Waals surface area contributed by atoms with Crippen LogP contribution < -0.4 is 5.73 Å². The number of hydrogen-bond donors (Lipinski definition) is 2. The van der Waals surface area contributed by atoms with Gasteiger partial charge in [0.05, 0.1) is 6.42 Å². The zero-order chi connectivity index (χ0) is 11.6. The average molecular weight is 207 g/mol. The molecule has 0 fully saturated rings. The Hall–Kier alpha value is -1.35. The third-order valence-electron chi connectivity index (χ3n) is 2.53. The third kappa shape index (κ3) is 2.80. The van der Waals surface area contributed by atoms with E-state index >= 15 is 0 Å². The fourth-order valence-corrected chi connectivity index (χ4v) is 1.76. The second kappa shape index (κ2) is 4.03. The Balaban J connectivity index is 3.13. The van der Waals surface area contributed by atoms with Crippen molar-refractivity contribution in [3.8, 4) is 0 Å². The zero-order valence-corrected chi connectivity index (χ0v) is 9.37. The van der Waals surface area contributed by atoms with E-state index in [1.54, 1.807) is 6.92 Å². The molecule has 0 heterocycles. The lowest BCUT2D eigenvalue weighted by Crippen LogP contribution is -2.36. The third-order valence-corrected chi connectivity index (χ3v) is 2.53. The van der Waals surface area contributed by atoms with Crippen LogP contribution in [0, 0.1) is 13.8 Å². The van der Waals surface area contributed by atoms with Crippen molar-refractivity contribution in [3.05, 3.63) is 34.9 Å². The van der Waals surface area contributed by atoms with Gasteiger partial charge in [-0.05, 0) is 31.9 Å². The molecule has 1 aromatic rings. The number of hydrogen-bond acceptors (Lipinski definition) is 2. The highest BCUT2D eigenvalue weighted by Crippen LogP contribution is 2.25. The van der Waals surface area contributed by atoms with Crippen LogP contribution in [-0.2, 0) is 10.3 Å². The molecule has 15 heavy (non-hydrogen) atoms. The fourth-order valence-electron chi connectivity index (χ4n) is 1.76. The molecule has 1 aromatic carbocycles. The maximum Gasteiger partial charge on any atom is 0.305 e. The highest BCUT2D eigenvalue weighted by Gasteiger charge is 2.26. The molecule has 0 aromatic heterocycles. The van der Waals surface area contributed by atoms with Gasteiger partial charge in [-0.25, -0.2) is 0 Å². The Kier molecular flexibility index (Phi) is 3.15. The number of rotatable bonds is 3. The van der Waals surface area contributed by atoms with E-state index in [9.17, 15) is 4.79 Å². The first-order chi connectivity index (χ1) is 6.83. The van der Waals surface area contributed by atoms with Crippen LogP contribution in [0.15, 0.2) is 18.2 Å². The Morgan fingerprint density at radius 2 is 2.07 bits per heavy atom. The predicted molar refractivity (Wildman–Crippen MR) is 59.7 cm³/mol. The number of aliphatic carboxylic acids is 1. The summed E-state index contributed by atoms with van der Waals surface area (Å²) in [5, 5.41) is 8.79. The summed E-state index contributed by atoms with van der Waals surface area (Å²) in [6.45, 7) is 5.67. The summed E-state index contributed by atoms with van der Waals surface area (Å²) in [7, 11) is 0. The van der Waals surface area contributed by atoms with Gasteiger partial charge in [0.15, 0.2) is 0 Å². The molecule has 1 rings (SSSR count). The normalized spacial score (nSPS) is 14.7. The standard InChI is InChI=1S/C12H17NO2/c1-8-4-5-9(2)10(6-8)12(3,13)7-11(14)15/h4-6H,7,13H2,1-3H3,(H,14,15). The van der Waals surface area contributed by atoms with Gasteiger partial charge in [0.2, 0.25) is 0 Å². The molecule has 0 bridgehead atoms. The van der Waals surface area contributed by atoms with E-state index in [4.69, 9.17) is 10.8 Å². The molecule has 0 amide bonds. The highest BCUT2D eigenvalue weighted by molar-refractivity contribution is 5.69. The molecule has 3 N–H and O–H groups in total. The van der Waals surface area contributed by atoms with E-state index in [1.165, 1.54) is 0 Å². The van der Waals surface area contributed by atoms with Crippen molar-refractivity contribution >= 4 is 5.97 Å². The van der Waals surface area contributed by atoms with Gasteiger partial charge < -0.3 is 10.8 Å². The first-order valence-corrected chi connectivity index (χ1v) is 4.91. The largest absolute Gasteiger partial charge is 0.481 e. The molecule has 3 heteroatoms. The first-order valence-electron chi connectivity index (χ1n) is 4.91. The van der Waals surface area contributed by atoms with Crippen molar-refractivity contribution < 1.29 is 9.90 Å². The topological polar surface area (TPSA) is 63.3 Å². The summed E-state index contributed by atoms with van der Waals surface area (Å²) in [5.74, 6) is -0.874. The van der Waals surface area contributed by atoms with Gasteiger partial charge >= 0.3 is 5.97 Å². The number of aryl methyl sites for hydroxylation is 2. The Labute approximate surface area is 89.9 Å². The van der Waals surface area contributed by atoms with Crippen molar-refractivity contribution in [2.45, 2.75) is 32.7 Å². The number of nitrogens with two attached hydrogens (primary N) is 1. The Bertz CT molecular complexity index is 383. The smallest absolute Gasteiger partial charge is 0.305 e. The van der Waals surface area contributed by atoms with E-state index in [1.807, 2.05) is 32.0 Å². The second-order valence-electron chi connectivity index (χ2n) is 4.31. The van der Waals surface area contributed by atoms with E-state index in [0.29, 0.717) is 0 Å². The Morgan fingerprint density at radius 3 is 2.60 bits per heavy atom. The molecule has 0 saturated heterocycles. The minimum absolute atomic E-state index is 0.0582. The van der Waals surface area contributed by atoms with E-state index in [-0.39, 0.29) is 6.42 Å². The molecule has 0 aliphatic carbocycles. The fraction of sp³-hybridized carbons (Fsp3) is 0.417. The van der Waals surface area contributed by atoms with E-state index < -0.39 is 11.5 Å². The summed E-state index contributed by atoms with van der Waals surface area (Å²) in [6.07, 6.45) is -0.0582. The van der Waals surface area contributed by atoms with Crippen LogP contribution in [0.25, 0.3) is 0 Å². The van der Waals surface area contributed by atoms with Crippen LogP contribution in [0.1, 0.15) is 30.0 Å². The van der Waals surface area contributed by atoms with Crippen LogP contribution in [-0.4, -0.2) is 11.1 Å². The van der Waals surface area contributed by atoms with Crippen LogP contribution >= 0.6 is 0 Å². The van der Waals surface area contributed by atoms with Gasteiger partial charge in [0.25, 0.3) is 0 Å². The Morgan fingerprint density at radius 1 is 1.47 bits per heavy atom. The molecule has 0 saturated carbocycles. The molecule has 1 atom stereocenters. The quantitative estimate of drug-likeness (QED) is 0.796. The van der Waals surface area contributed by atoms with Gasteiger partial charge in [-0.3, -0.25) is 4.79 Å². The predicted octanol–water partition coefficient (Wildman–Crippen LogP) is 1.95. The van der Waals surface area contributed by atoms with Crippen molar-refractivity contribution in [2.24, 2.45) is 5.73 Å². The van der Waals surface area contributed by atoms with E-state index in [2.05, 4.69) is 0 Å². The minimum atomic E-state index is -0.874. The highest BCUT2D eigenvalue weighted by atomic mass is 16.4. The summed E-state index contributed by atoms with van der Waals surface area (Å²) in [4.78, 5) is 10.7. The molecular weight excluding hydrogens is 190 g/mol. The van der Waals surface area contributed by atoms with Gasteiger partial charge in [-0.15, -0.1) is 0 Å². The summed E-state index contributed by atoms with van der Waals surface area (Å²) >= 11 is 0. The number of carboxylic acids is 1. The van der Waals surface area contributed by atoms with Crippen molar-refractivity contribution in [1.82, 2.24) is 0 Å². The molecule has 82 valence electrons. The lowest BCUT2D eigenvalue weighted by molar-refractivity contribution is -0.138. The molecular formula is C12H17NO2. The number of benzene rings is 1. The SMILES string of the molecule is Cc1ccc(C)c(C(C)(N)CC(=O)O)c1. The van der Waals surface area contributed by atoms with Crippen molar-refractivity contribution in [1.29, 1.82) is 0 Å². The monoisotopic (exact) mass is 207 g/mol. The zero-order valence-electron chi connectivity index (χ0n) is 9.37. The van der Waals surface area contributed by atoms with Crippen LogP contribution in [0.4, 0.5) is 0 Å². The second-order valence-corrected chi connectivity index (χ2v) is 4.31. The average Bonchev–Trinajstić information content (AvgIpc) is 2.06. The van der Waals surface area contributed by atoms with Crippen LogP contribution in [0.2, 0.25) is 0 Å². The maximum atomic E-state index is 10.7. The van der Waals surface area contributed by atoms with Crippen molar-refractivity contribution in [3.63, 3.8) is 0 Å². The molecule has 0 aliphatic rings. The first kappa shape index (κ1) is 11.7. The molecule has 0 spiro atoms. The molecule has 0 aliphatic heterocycles. The number of carbonyl (C=O) groups is 1. The number of carboxylic acid groups (broad SMARTS) is 1. The van der Waals surface area contributed by atoms with E-state index in [0.717, 1.165) is 16.7 Å². The van der Waals surface area contributed by atoms with Crippen LogP contribution in [0.5, 0.6) is 0 Å². The molecule has 1 unspecified atom stereocenters. The summed E-state index contributed by atoms with van der Waals surface area (Å²) in [5.41, 5.74) is 8.26. The van der Waals surface area contributed by atoms with Gasteiger partial charge in [0, 0.05) is 5.54 Å². The maximum absolute atomic E-state index is 10.7. The summed E-state index contributed by atoms with van der Waals surface area (Å²) in [6, 6.07) is 5.92. The molecule has 0 radical (unpaired) electrons. The van der Waals surface area contributed by atoms with Gasteiger partial charge in [-0.1, -0.05) is 23.8 Å².